The van der Waals surface area contributed by atoms with Crippen molar-refractivity contribution in [2.45, 2.75) is 30.2 Å². The highest BCUT2D eigenvalue weighted by Gasteiger charge is 2.32. The van der Waals surface area contributed by atoms with Gasteiger partial charge in [0.25, 0.3) is 0 Å². The molecule has 1 aromatic rings. The molecule has 0 amide bonds. The van der Waals surface area contributed by atoms with Gasteiger partial charge in [0.05, 0.1) is 9.92 Å². The zero-order valence-electron chi connectivity index (χ0n) is 10.8. The van der Waals surface area contributed by atoms with Crippen LogP contribution in [0.25, 0.3) is 0 Å². The molecule has 1 saturated heterocycles. The summed E-state index contributed by atoms with van der Waals surface area (Å²) in [5, 5.41) is 0.391. The molecule has 1 fully saturated rings. The number of halogens is 3. The van der Waals surface area contributed by atoms with Crippen LogP contribution in [0.15, 0.2) is 27.6 Å². The van der Waals surface area contributed by atoms with E-state index in [1.54, 1.807) is 12.1 Å². The topological polar surface area (TPSA) is 63.4 Å². The first kappa shape index (κ1) is 18.2. The molecule has 2 N–H and O–H groups in total. The Balaban J connectivity index is 0.00000200. The smallest absolute Gasteiger partial charge is 0.243 e. The molecule has 0 saturated carbocycles. The van der Waals surface area contributed by atoms with Crippen LogP contribution < -0.4 is 5.73 Å². The van der Waals surface area contributed by atoms with E-state index in [0.29, 0.717) is 22.6 Å². The Bertz CT molecular complexity index is 569. The lowest BCUT2D eigenvalue weighted by atomic mass is 10.1. The molecule has 4 nitrogen and oxygen atoms in total. The molecule has 0 bridgehead atoms. The van der Waals surface area contributed by atoms with Crippen LogP contribution in [0.1, 0.15) is 19.3 Å². The van der Waals surface area contributed by atoms with E-state index in [4.69, 9.17) is 17.3 Å². The fourth-order valence-electron chi connectivity index (χ4n) is 2.30. The van der Waals surface area contributed by atoms with Crippen LogP contribution >= 0.6 is 39.9 Å². The van der Waals surface area contributed by atoms with Crippen LogP contribution in [0.2, 0.25) is 5.02 Å². The second-order valence-corrected chi connectivity index (χ2v) is 7.73. The van der Waals surface area contributed by atoms with Crippen LogP contribution in [0.3, 0.4) is 0 Å². The lowest BCUT2D eigenvalue weighted by molar-refractivity contribution is 0.257. The number of hydrogen-bond acceptors (Lipinski definition) is 3. The number of piperidine rings is 1. The minimum atomic E-state index is -3.51. The predicted molar refractivity (Wildman–Crippen MR) is 87.0 cm³/mol. The van der Waals surface area contributed by atoms with Crippen LogP contribution in [-0.2, 0) is 10.0 Å². The molecule has 0 radical (unpaired) electrons. The summed E-state index contributed by atoms with van der Waals surface area (Å²) in [5.41, 5.74) is 5.68. The maximum atomic E-state index is 12.6. The van der Waals surface area contributed by atoms with Crippen molar-refractivity contribution in [1.29, 1.82) is 0 Å². The molecule has 0 aromatic heterocycles. The number of sulfonamides is 1. The first-order valence-electron chi connectivity index (χ1n) is 6.14. The highest BCUT2D eigenvalue weighted by molar-refractivity contribution is 9.10. The summed E-state index contributed by atoms with van der Waals surface area (Å²) in [6.45, 7) is 0.876. The molecular formula is C12H17BrCl2N2O2S. The van der Waals surface area contributed by atoms with Crippen molar-refractivity contribution in [3.05, 3.63) is 27.7 Å². The van der Waals surface area contributed by atoms with Gasteiger partial charge in [-0.1, -0.05) is 18.0 Å². The number of benzene rings is 1. The summed E-state index contributed by atoms with van der Waals surface area (Å²) in [5.74, 6) is 0. The number of rotatable bonds is 3. The third-order valence-electron chi connectivity index (χ3n) is 3.34. The first-order valence-corrected chi connectivity index (χ1v) is 8.75. The standard InChI is InChI=1S/C12H16BrClN2O2S.ClH/c13-11-5-4-10(7-12(11)14)19(17,18)16-6-2-1-3-9(16)8-15;/h4-5,7,9H,1-3,6,8,15H2;1H. The Hall–Kier alpha value is 0.150. The van der Waals surface area contributed by atoms with Crippen LogP contribution in [-0.4, -0.2) is 31.9 Å². The summed E-state index contributed by atoms with van der Waals surface area (Å²) in [4.78, 5) is 0.223. The van der Waals surface area contributed by atoms with Gasteiger partial charge in [-0.05, 0) is 47.0 Å². The summed E-state index contributed by atoms with van der Waals surface area (Å²) in [6, 6.07) is 4.58. The van der Waals surface area contributed by atoms with Crippen molar-refractivity contribution in [3.8, 4) is 0 Å². The normalized spacial score (nSPS) is 20.4. The summed E-state index contributed by atoms with van der Waals surface area (Å²) >= 11 is 9.23. The molecule has 1 aromatic carbocycles. The molecule has 0 aliphatic carbocycles. The van der Waals surface area contributed by atoms with Gasteiger partial charge < -0.3 is 5.73 Å². The molecule has 1 atom stereocenters. The van der Waals surface area contributed by atoms with E-state index in [2.05, 4.69) is 15.9 Å². The molecule has 20 heavy (non-hydrogen) atoms. The molecule has 1 aliphatic heterocycles. The van der Waals surface area contributed by atoms with Gasteiger partial charge in [-0.2, -0.15) is 4.31 Å². The molecule has 0 spiro atoms. The van der Waals surface area contributed by atoms with Gasteiger partial charge in [0.15, 0.2) is 0 Å². The highest BCUT2D eigenvalue weighted by Crippen LogP contribution is 2.29. The average Bonchev–Trinajstić information content (AvgIpc) is 2.41. The van der Waals surface area contributed by atoms with E-state index in [0.717, 1.165) is 19.3 Å². The molecule has 1 aliphatic rings. The molecule has 114 valence electrons. The fraction of sp³-hybridized carbons (Fsp3) is 0.500. The Morgan fingerprint density at radius 3 is 2.70 bits per heavy atom. The Kier molecular flexibility index (Phi) is 6.76. The maximum Gasteiger partial charge on any atom is 0.243 e. The second-order valence-electron chi connectivity index (χ2n) is 4.58. The van der Waals surface area contributed by atoms with Crippen molar-refractivity contribution in [2.75, 3.05) is 13.1 Å². The van der Waals surface area contributed by atoms with Crippen molar-refractivity contribution in [2.24, 2.45) is 5.73 Å². The summed E-state index contributed by atoms with van der Waals surface area (Å²) in [6.07, 6.45) is 2.72. The Morgan fingerprint density at radius 2 is 2.10 bits per heavy atom. The second kappa shape index (κ2) is 7.42. The Labute approximate surface area is 139 Å². The SMILES string of the molecule is Cl.NCC1CCCCN1S(=O)(=O)c1ccc(Br)c(Cl)c1. The summed E-state index contributed by atoms with van der Waals surface area (Å²) < 4.78 is 27.4. The van der Waals surface area contributed by atoms with E-state index in [1.807, 2.05) is 0 Å². The van der Waals surface area contributed by atoms with Gasteiger partial charge in [-0.3, -0.25) is 0 Å². The third-order valence-corrected chi connectivity index (χ3v) is 6.52. The van der Waals surface area contributed by atoms with Crippen molar-refractivity contribution >= 4 is 50.0 Å². The van der Waals surface area contributed by atoms with Gasteiger partial charge in [-0.15, -0.1) is 12.4 Å². The molecule has 2 rings (SSSR count). The highest BCUT2D eigenvalue weighted by atomic mass is 79.9. The zero-order valence-corrected chi connectivity index (χ0v) is 14.7. The Morgan fingerprint density at radius 1 is 1.40 bits per heavy atom. The van der Waals surface area contributed by atoms with E-state index in [1.165, 1.54) is 10.4 Å². The fourth-order valence-corrected chi connectivity index (χ4v) is 4.52. The van der Waals surface area contributed by atoms with E-state index in [-0.39, 0.29) is 23.3 Å². The average molecular weight is 404 g/mol. The quantitative estimate of drug-likeness (QED) is 0.843. The molecule has 1 unspecified atom stereocenters. The lowest BCUT2D eigenvalue weighted by Gasteiger charge is -2.33. The van der Waals surface area contributed by atoms with Crippen molar-refractivity contribution in [3.63, 3.8) is 0 Å². The maximum absolute atomic E-state index is 12.6. The van der Waals surface area contributed by atoms with Crippen LogP contribution in [0.4, 0.5) is 0 Å². The number of nitrogens with two attached hydrogens (primary N) is 1. The van der Waals surface area contributed by atoms with Crippen LogP contribution in [0.5, 0.6) is 0 Å². The monoisotopic (exact) mass is 402 g/mol. The van der Waals surface area contributed by atoms with Crippen LogP contribution in [0, 0.1) is 0 Å². The van der Waals surface area contributed by atoms with Gasteiger partial charge in [0.1, 0.15) is 0 Å². The zero-order chi connectivity index (χ0) is 14.0. The number of hydrogen-bond donors (Lipinski definition) is 1. The summed E-state index contributed by atoms with van der Waals surface area (Å²) in [7, 11) is -3.51. The molecule has 1 heterocycles. The van der Waals surface area contributed by atoms with Gasteiger partial charge >= 0.3 is 0 Å². The molecule has 8 heteroatoms. The van der Waals surface area contributed by atoms with Gasteiger partial charge in [-0.25, -0.2) is 8.42 Å². The lowest BCUT2D eigenvalue weighted by Crippen LogP contribution is -2.47. The molecular weight excluding hydrogens is 387 g/mol. The largest absolute Gasteiger partial charge is 0.329 e. The van der Waals surface area contributed by atoms with Crippen molar-refractivity contribution < 1.29 is 8.42 Å². The van der Waals surface area contributed by atoms with Gasteiger partial charge in [0, 0.05) is 23.6 Å². The predicted octanol–water partition coefficient (Wildman–Crippen LogP) is 3.03. The third kappa shape index (κ3) is 3.67. The van der Waals surface area contributed by atoms with E-state index < -0.39 is 10.0 Å². The van der Waals surface area contributed by atoms with E-state index in [9.17, 15) is 8.42 Å². The number of nitrogens with zero attached hydrogens (tertiary/aromatic N) is 1. The van der Waals surface area contributed by atoms with E-state index >= 15 is 0 Å². The van der Waals surface area contributed by atoms with Crippen molar-refractivity contribution in [1.82, 2.24) is 4.31 Å². The first-order chi connectivity index (χ1) is 8.96. The minimum Gasteiger partial charge on any atom is -0.329 e. The minimum absolute atomic E-state index is 0. The van der Waals surface area contributed by atoms with Gasteiger partial charge in [0.2, 0.25) is 10.0 Å².